The molecule has 1 aromatic heterocycles. The molecule has 0 radical (unpaired) electrons. The smallest absolute Gasteiger partial charge is 0.230 e. The fourth-order valence-electron chi connectivity index (χ4n) is 2.86. The number of rotatable bonds is 3. The van der Waals surface area contributed by atoms with Crippen LogP contribution in [-0.4, -0.2) is 23.3 Å². The molecule has 5 heteroatoms. The van der Waals surface area contributed by atoms with E-state index in [1.54, 1.807) is 7.11 Å². The first-order chi connectivity index (χ1) is 10.2. The minimum absolute atomic E-state index is 0.320. The molecule has 0 amide bonds. The van der Waals surface area contributed by atoms with E-state index in [1.807, 2.05) is 25.1 Å². The Labute approximate surface area is 124 Å². The second-order valence-corrected chi connectivity index (χ2v) is 5.77. The predicted molar refractivity (Wildman–Crippen MR) is 80.2 cm³/mol. The molecule has 2 N–H and O–H groups in total. The van der Waals surface area contributed by atoms with Crippen molar-refractivity contribution >= 4 is 0 Å². The standard InChI is InChI=1S/C16H21N3O2/c1-10-3-8-13(14(9-10)20-2)15-18-16(21-19-15)11-4-6-12(17)7-5-11/h3,8-9,11-12H,4-7,17H2,1-2H3. The molecule has 1 heterocycles. The molecule has 1 aromatic carbocycles. The van der Waals surface area contributed by atoms with Gasteiger partial charge in [0.1, 0.15) is 5.75 Å². The quantitative estimate of drug-likeness (QED) is 0.939. The lowest BCUT2D eigenvalue weighted by Gasteiger charge is -2.22. The Balaban J connectivity index is 1.85. The largest absolute Gasteiger partial charge is 0.496 e. The van der Waals surface area contributed by atoms with Gasteiger partial charge in [0.2, 0.25) is 11.7 Å². The number of ether oxygens (including phenoxy) is 1. The first kappa shape index (κ1) is 14.1. The monoisotopic (exact) mass is 287 g/mol. The maximum atomic E-state index is 5.94. The molecule has 1 aliphatic carbocycles. The van der Waals surface area contributed by atoms with Gasteiger partial charge in [0.15, 0.2) is 0 Å². The molecule has 0 spiro atoms. The summed E-state index contributed by atoms with van der Waals surface area (Å²) in [5.41, 5.74) is 7.95. The van der Waals surface area contributed by atoms with Crippen LogP contribution < -0.4 is 10.5 Å². The summed E-state index contributed by atoms with van der Waals surface area (Å²) >= 11 is 0. The SMILES string of the molecule is COc1cc(C)ccc1-c1noc(C2CCC(N)CC2)n1. The van der Waals surface area contributed by atoms with Crippen LogP contribution in [0.3, 0.4) is 0 Å². The van der Waals surface area contributed by atoms with Gasteiger partial charge in [-0.05, 0) is 50.3 Å². The second-order valence-electron chi connectivity index (χ2n) is 5.77. The van der Waals surface area contributed by atoms with Crippen molar-refractivity contribution in [2.45, 2.75) is 44.6 Å². The molecule has 5 nitrogen and oxygen atoms in total. The van der Waals surface area contributed by atoms with Crippen molar-refractivity contribution in [3.05, 3.63) is 29.7 Å². The van der Waals surface area contributed by atoms with Crippen LogP contribution in [0.25, 0.3) is 11.4 Å². The van der Waals surface area contributed by atoms with Crippen LogP contribution in [0, 0.1) is 6.92 Å². The third-order valence-corrected chi connectivity index (χ3v) is 4.16. The summed E-state index contributed by atoms with van der Waals surface area (Å²) in [6.07, 6.45) is 4.09. The highest BCUT2D eigenvalue weighted by atomic mass is 16.5. The van der Waals surface area contributed by atoms with Gasteiger partial charge in [-0.2, -0.15) is 4.98 Å². The Morgan fingerprint density at radius 3 is 2.71 bits per heavy atom. The molecule has 0 bridgehead atoms. The lowest BCUT2D eigenvalue weighted by Crippen LogP contribution is -2.25. The number of hydrogen-bond donors (Lipinski definition) is 1. The first-order valence-corrected chi connectivity index (χ1v) is 7.41. The van der Waals surface area contributed by atoms with E-state index in [0.29, 0.717) is 17.8 Å². The summed E-state index contributed by atoms with van der Waals surface area (Å²) in [4.78, 5) is 4.57. The van der Waals surface area contributed by atoms with Gasteiger partial charge >= 0.3 is 0 Å². The third-order valence-electron chi connectivity index (χ3n) is 4.16. The number of nitrogens with zero attached hydrogens (tertiary/aromatic N) is 2. The van der Waals surface area contributed by atoms with Gasteiger partial charge in [0.25, 0.3) is 0 Å². The third kappa shape index (κ3) is 2.93. The van der Waals surface area contributed by atoms with Crippen molar-refractivity contribution < 1.29 is 9.26 Å². The normalized spacial score (nSPS) is 22.2. The van der Waals surface area contributed by atoms with Crippen LogP contribution in [-0.2, 0) is 0 Å². The topological polar surface area (TPSA) is 74.2 Å². The maximum absolute atomic E-state index is 5.94. The van der Waals surface area contributed by atoms with Crippen LogP contribution in [0.1, 0.15) is 43.1 Å². The summed E-state index contributed by atoms with van der Waals surface area (Å²) in [7, 11) is 1.65. The predicted octanol–water partition coefficient (Wildman–Crippen LogP) is 3.04. The zero-order valence-corrected chi connectivity index (χ0v) is 12.5. The van der Waals surface area contributed by atoms with E-state index in [1.165, 1.54) is 0 Å². The van der Waals surface area contributed by atoms with Crippen LogP contribution in [0.2, 0.25) is 0 Å². The van der Waals surface area contributed by atoms with E-state index in [-0.39, 0.29) is 0 Å². The number of aryl methyl sites for hydroxylation is 1. The molecule has 3 rings (SSSR count). The Kier molecular flexibility index (Phi) is 3.92. The average Bonchev–Trinajstić information content (AvgIpc) is 2.97. The molecule has 21 heavy (non-hydrogen) atoms. The molecular weight excluding hydrogens is 266 g/mol. The Hall–Kier alpha value is -1.88. The molecule has 0 unspecified atom stereocenters. The Morgan fingerprint density at radius 1 is 1.24 bits per heavy atom. The summed E-state index contributed by atoms with van der Waals surface area (Å²) in [5.74, 6) is 2.42. The highest BCUT2D eigenvalue weighted by Crippen LogP contribution is 2.34. The van der Waals surface area contributed by atoms with Gasteiger partial charge in [-0.25, -0.2) is 0 Å². The van der Waals surface area contributed by atoms with E-state index in [9.17, 15) is 0 Å². The highest BCUT2D eigenvalue weighted by molar-refractivity contribution is 5.64. The van der Waals surface area contributed by atoms with Crippen LogP contribution in [0.5, 0.6) is 5.75 Å². The zero-order chi connectivity index (χ0) is 14.8. The summed E-state index contributed by atoms with van der Waals surface area (Å²) in [6, 6.07) is 6.29. The molecule has 2 aromatic rings. The number of methoxy groups -OCH3 is 1. The first-order valence-electron chi connectivity index (χ1n) is 7.41. The highest BCUT2D eigenvalue weighted by Gasteiger charge is 2.25. The molecule has 112 valence electrons. The fourth-order valence-corrected chi connectivity index (χ4v) is 2.86. The van der Waals surface area contributed by atoms with Crippen LogP contribution in [0.15, 0.2) is 22.7 Å². The van der Waals surface area contributed by atoms with Gasteiger partial charge in [0.05, 0.1) is 12.7 Å². The van der Waals surface area contributed by atoms with Crippen molar-refractivity contribution in [1.29, 1.82) is 0 Å². The summed E-state index contributed by atoms with van der Waals surface area (Å²) in [6.45, 7) is 2.03. The molecule has 0 saturated heterocycles. The van der Waals surface area contributed by atoms with Crippen LogP contribution >= 0.6 is 0 Å². The van der Waals surface area contributed by atoms with E-state index < -0.39 is 0 Å². The van der Waals surface area contributed by atoms with Crippen LogP contribution in [0.4, 0.5) is 0 Å². The van der Waals surface area contributed by atoms with Gasteiger partial charge < -0.3 is 15.0 Å². The lowest BCUT2D eigenvalue weighted by atomic mass is 9.86. The Morgan fingerprint density at radius 2 is 2.00 bits per heavy atom. The van der Waals surface area contributed by atoms with Gasteiger partial charge in [-0.1, -0.05) is 11.2 Å². The maximum Gasteiger partial charge on any atom is 0.230 e. The lowest BCUT2D eigenvalue weighted by molar-refractivity contribution is 0.301. The Bertz CT molecular complexity index is 616. The van der Waals surface area contributed by atoms with Crippen molar-refractivity contribution in [3.8, 4) is 17.1 Å². The van der Waals surface area contributed by atoms with E-state index >= 15 is 0 Å². The summed E-state index contributed by atoms with van der Waals surface area (Å²) in [5, 5.41) is 4.12. The van der Waals surface area contributed by atoms with Crippen molar-refractivity contribution in [3.63, 3.8) is 0 Å². The average molecular weight is 287 g/mol. The fraction of sp³-hybridized carbons (Fsp3) is 0.500. The van der Waals surface area contributed by atoms with E-state index in [4.69, 9.17) is 15.0 Å². The van der Waals surface area contributed by atoms with Gasteiger partial charge in [-0.3, -0.25) is 0 Å². The molecule has 1 fully saturated rings. The van der Waals surface area contributed by atoms with E-state index in [2.05, 4.69) is 10.1 Å². The van der Waals surface area contributed by atoms with Gasteiger partial charge in [0, 0.05) is 12.0 Å². The number of nitrogens with two attached hydrogens (primary N) is 1. The van der Waals surface area contributed by atoms with Crippen molar-refractivity contribution in [2.24, 2.45) is 5.73 Å². The number of hydrogen-bond acceptors (Lipinski definition) is 5. The second kappa shape index (κ2) is 5.85. The molecular formula is C16H21N3O2. The minimum Gasteiger partial charge on any atom is -0.496 e. The van der Waals surface area contributed by atoms with Gasteiger partial charge in [-0.15, -0.1) is 0 Å². The van der Waals surface area contributed by atoms with Crippen molar-refractivity contribution in [2.75, 3.05) is 7.11 Å². The minimum atomic E-state index is 0.320. The zero-order valence-electron chi connectivity index (χ0n) is 12.5. The summed E-state index contributed by atoms with van der Waals surface area (Å²) < 4.78 is 10.9. The molecule has 1 saturated carbocycles. The van der Waals surface area contributed by atoms with Crippen molar-refractivity contribution in [1.82, 2.24) is 10.1 Å². The molecule has 0 atom stereocenters. The number of aromatic nitrogens is 2. The molecule has 1 aliphatic rings. The molecule has 0 aliphatic heterocycles. The number of benzene rings is 1. The van der Waals surface area contributed by atoms with E-state index in [0.717, 1.165) is 48.5 Å².